The van der Waals surface area contributed by atoms with Gasteiger partial charge in [0.2, 0.25) is 0 Å². The van der Waals surface area contributed by atoms with Crippen molar-refractivity contribution in [2.24, 2.45) is 0 Å². The van der Waals surface area contributed by atoms with Crippen molar-refractivity contribution in [3.05, 3.63) is 69.5 Å². The van der Waals surface area contributed by atoms with Crippen molar-refractivity contribution >= 4 is 27.5 Å². The van der Waals surface area contributed by atoms with Gasteiger partial charge < -0.3 is 0 Å². The van der Waals surface area contributed by atoms with Gasteiger partial charge in [0, 0.05) is 5.02 Å². The van der Waals surface area contributed by atoms with Crippen molar-refractivity contribution < 1.29 is 22.0 Å². The summed E-state index contributed by atoms with van der Waals surface area (Å²) in [4.78, 5) is -0.922. The van der Waals surface area contributed by atoms with E-state index in [1.54, 1.807) is 0 Å². The summed E-state index contributed by atoms with van der Waals surface area (Å²) >= 11 is 8.83. The molecule has 2 rings (SSSR count). The summed E-state index contributed by atoms with van der Waals surface area (Å²) in [6, 6.07) is 3.04. The van der Waals surface area contributed by atoms with Crippen LogP contribution in [-0.4, -0.2) is 0 Å². The average molecular weight is 372 g/mol. The van der Waals surface area contributed by atoms with Gasteiger partial charge in [-0.2, -0.15) is 0 Å². The topological polar surface area (TPSA) is 0 Å². The molecule has 1 atom stereocenters. The monoisotopic (exact) mass is 370 g/mol. The van der Waals surface area contributed by atoms with Crippen LogP contribution in [0, 0.1) is 29.1 Å². The molecule has 0 saturated carbocycles. The van der Waals surface area contributed by atoms with Gasteiger partial charge in [0.15, 0.2) is 29.1 Å². The second kappa shape index (κ2) is 5.69. The smallest absolute Gasteiger partial charge is 0.194 e. The lowest BCUT2D eigenvalue weighted by molar-refractivity contribution is 0.445. The van der Waals surface area contributed by atoms with Gasteiger partial charge in [-0.1, -0.05) is 27.5 Å². The first-order chi connectivity index (χ1) is 9.31. The Hall–Kier alpha value is -1.14. The number of rotatable bonds is 2. The summed E-state index contributed by atoms with van der Waals surface area (Å²) < 4.78 is 65.3. The molecule has 0 spiro atoms. The maximum atomic E-state index is 13.2. The van der Waals surface area contributed by atoms with Crippen LogP contribution in [-0.2, 0) is 0 Å². The molecule has 7 heteroatoms. The normalized spacial score (nSPS) is 12.6. The van der Waals surface area contributed by atoms with E-state index in [1.807, 2.05) is 0 Å². The molecule has 0 aromatic heterocycles. The highest BCUT2D eigenvalue weighted by molar-refractivity contribution is 9.09. The number of hydrogen-bond acceptors (Lipinski definition) is 0. The largest absolute Gasteiger partial charge is 0.204 e. The van der Waals surface area contributed by atoms with Gasteiger partial charge in [-0.25, -0.2) is 22.0 Å². The molecule has 0 radical (unpaired) electrons. The Morgan fingerprint density at radius 3 is 1.85 bits per heavy atom. The molecule has 0 bridgehead atoms. The highest BCUT2D eigenvalue weighted by Gasteiger charge is 2.20. The van der Waals surface area contributed by atoms with E-state index < -0.39 is 33.9 Å². The molecule has 2 aromatic carbocycles. The lowest BCUT2D eigenvalue weighted by atomic mass is 10.0. The van der Waals surface area contributed by atoms with Gasteiger partial charge in [-0.05, 0) is 35.4 Å². The Balaban J connectivity index is 2.51. The molecule has 106 valence electrons. The van der Waals surface area contributed by atoms with E-state index in [0.29, 0.717) is 0 Å². The summed E-state index contributed by atoms with van der Waals surface area (Å²) in [7, 11) is 0. The predicted octanol–water partition coefficient (Wildman–Crippen LogP) is 5.52. The molecule has 20 heavy (non-hydrogen) atoms. The van der Waals surface area contributed by atoms with E-state index in [4.69, 9.17) is 11.6 Å². The van der Waals surface area contributed by atoms with Crippen LogP contribution in [0.15, 0.2) is 24.3 Å². The lowest BCUT2D eigenvalue weighted by Gasteiger charge is -2.13. The summed E-state index contributed by atoms with van der Waals surface area (Å²) in [5.41, 5.74) is 0.0466. The molecule has 0 aliphatic rings. The van der Waals surface area contributed by atoms with Crippen molar-refractivity contribution in [3.8, 4) is 0 Å². The lowest BCUT2D eigenvalue weighted by Crippen LogP contribution is -2.00. The molecule has 1 unspecified atom stereocenters. The Morgan fingerprint density at radius 1 is 0.800 bits per heavy atom. The maximum absolute atomic E-state index is 13.2. The van der Waals surface area contributed by atoms with Crippen molar-refractivity contribution in [1.29, 1.82) is 0 Å². The summed E-state index contributed by atoms with van der Waals surface area (Å²) in [6.45, 7) is 0. The van der Waals surface area contributed by atoms with Gasteiger partial charge in [-0.15, -0.1) is 0 Å². The summed E-state index contributed by atoms with van der Waals surface area (Å²) in [5, 5.41) is -0.129. The second-order valence-electron chi connectivity index (χ2n) is 3.95. The minimum atomic E-state index is -1.61. The van der Waals surface area contributed by atoms with Crippen molar-refractivity contribution in [2.75, 3.05) is 0 Å². The maximum Gasteiger partial charge on any atom is 0.194 e. The molecule has 0 amide bonds. The van der Waals surface area contributed by atoms with E-state index in [0.717, 1.165) is 24.3 Å². The van der Waals surface area contributed by atoms with Gasteiger partial charge in [0.05, 0.1) is 4.83 Å². The molecule has 0 nitrogen and oxygen atoms in total. The fourth-order valence-electron chi connectivity index (χ4n) is 1.63. The Morgan fingerprint density at radius 2 is 1.30 bits per heavy atom. The quantitative estimate of drug-likeness (QED) is 0.282. The molecule has 0 fully saturated rings. The molecule has 0 aliphatic heterocycles. The van der Waals surface area contributed by atoms with Crippen LogP contribution in [0.25, 0.3) is 0 Å². The third-order valence-corrected chi connectivity index (χ3v) is 3.96. The Kier molecular flexibility index (Phi) is 4.34. The highest BCUT2D eigenvalue weighted by Crippen LogP contribution is 2.37. The van der Waals surface area contributed by atoms with Gasteiger partial charge in [0.1, 0.15) is 0 Å². The van der Waals surface area contributed by atoms with Gasteiger partial charge >= 0.3 is 0 Å². The second-order valence-corrected chi connectivity index (χ2v) is 5.27. The Bertz CT molecular complexity index is 651. The minimum Gasteiger partial charge on any atom is -0.204 e. The van der Waals surface area contributed by atoms with Crippen LogP contribution in [0.4, 0.5) is 22.0 Å². The standard InChI is InChI=1S/C13H5BrClF5/c14-12(5-1-10(18)13(20)11(19)2-5)6-3-8(16)9(17)4-7(6)15/h1-4,12H. The number of hydrogen-bond donors (Lipinski definition) is 0. The average Bonchev–Trinajstić information content (AvgIpc) is 2.38. The molecule has 0 heterocycles. The highest BCUT2D eigenvalue weighted by atomic mass is 79.9. The van der Waals surface area contributed by atoms with Crippen LogP contribution in [0.1, 0.15) is 16.0 Å². The number of alkyl halides is 1. The molecular weight excluding hydrogens is 366 g/mol. The van der Waals surface area contributed by atoms with E-state index in [1.165, 1.54) is 0 Å². The first-order valence-corrected chi connectivity index (χ1v) is 6.53. The van der Waals surface area contributed by atoms with Gasteiger partial charge in [0.25, 0.3) is 0 Å². The van der Waals surface area contributed by atoms with Crippen molar-refractivity contribution in [2.45, 2.75) is 4.83 Å². The fraction of sp³-hybridized carbons (Fsp3) is 0.0769. The van der Waals surface area contributed by atoms with E-state index in [2.05, 4.69) is 15.9 Å². The van der Waals surface area contributed by atoms with Gasteiger partial charge in [-0.3, -0.25) is 0 Å². The fourth-order valence-corrected chi connectivity index (χ4v) is 2.67. The third kappa shape index (κ3) is 2.81. The molecule has 0 aliphatic carbocycles. The summed E-state index contributed by atoms with van der Waals surface area (Å²) in [6.07, 6.45) is 0. The first kappa shape index (κ1) is 15.3. The molecule has 0 N–H and O–H groups in total. The first-order valence-electron chi connectivity index (χ1n) is 5.24. The zero-order chi connectivity index (χ0) is 15.0. The number of benzene rings is 2. The third-order valence-electron chi connectivity index (χ3n) is 2.61. The zero-order valence-corrected chi connectivity index (χ0v) is 11.9. The zero-order valence-electron chi connectivity index (χ0n) is 9.53. The van der Waals surface area contributed by atoms with Crippen molar-refractivity contribution in [1.82, 2.24) is 0 Å². The predicted molar refractivity (Wildman–Crippen MR) is 68.5 cm³/mol. The van der Waals surface area contributed by atoms with Crippen molar-refractivity contribution in [3.63, 3.8) is 0 Å². The van der Waals surface area contributed by atoms with E-state index in [9.17, 15) is 22.0 Å². The van der Waals surface area contributed by atoms with Crippen LogP contribution in [0.5, 0.6) is 0 Å². The molecular formula is C13H5BrClF5. The van der Waals surface area contributed by atoms with Crippen LogP contribution in [0.2, 0.25) is 5.02 Å². The Labute approximate surface area is 124 Å². The van der Waals surface area contributed by atoms with Crippen LogP contribution >= 0.6 is 27.5 Å². The summed E-state index contributed by atoms with van der Waals surface area (Å²) in [5.74, 6) is -6.68. The van der Waals surface area contributed by atoms with E-state index >= 15 is 0 Å². The number of halogens is 7. The molecule has 2 aromatic rings. The minimum absolute atomic E-state index is 0.0192. The van der Waals surface area contributed by atoms with Crippen LogP contribution < -0.4 is 0 Å². The SMILES string of the molecule is Fc1cc(Cl)c(C(Br)c2cc(F)c(F)c(F)c2)cc1F. The van der Waals surface area contributed by atoms with E-state index in [-0.39, 0.29) is 16.1 Å². The molecule has 0 saturated heterocycles. The van der Waals surface area contributed by atoms with Crippen LogP contribution in [0.3, 0.4) is 0 Å².